The Morgan fingerprint density at radius 1 is 0.838 bits per heavy atom. The number of aryl methyl sites for hydroxylation is 2. The molecule has 3 aromatic heterocycles. The zero-order valence-electron chi connectivity index (χ0n) is 20.3. The van der Waals surface area contributed by atoms with Gasteiger partial charge in [0.05, 0.1) is 5.52 Å². The Bertz CT molecular complexity index is 1870. The maximum absolute atomic E-state index is 9.31. The van der Waals surface area contributed by atoms with Crippen molar-refractivity contribution in [3.8, 4) is 17.0 Å². The first-order chi connectivity index (χ1) is 17.6. The van der Waals surface area contributed by atoms with E-state index in [9.17, 15) is 5.11 Å². The minimum atomic E-state index is 0. The van der Waals surface area contributed by atoms with Gasteiger partial charge in [0.1, 0.15) is 11.3 Å². The molecule has 0 aliphatic carbocycles. The molecule has 5 heteroatoms. The minimum Gasteiger partial charge on any atom is -0.506 e. The van der Waals surface area contributed by atoms with Crippen molar-refractivity contribution in [2.45, 2.75) is 13.8 Å². The summed E-state index contributed by atoms with van der Waals surface area (Å²) in [7, 11) is 0. The number of aromatic nitrogens is 2. The third kappa shape index (κ3) is 4.62. The van der Waals surface area contributed by atoms with Crippen molar-refractivity contribution < 1.29 is 25.2 Å². The van der Waals surface area contributed by atoms with Crippen LogP contribution in [0, 0.1) is 19.9 Å². The van der Waals surface area contributed by atoms with E-state index in [0.29, 0.717) is 5.52 Å². The van der Waals surface area contributed by atoms with Crippen LogP contribution in [0.1, 0.15) is 11.1 Å². The van der Waals surface area contributed by atoms with Gasteiger partial charge >= 0.3 is 0 Å². The van der Waals surface area contributed by atoms with Crippen molar-refractivity contribution in [2.75, 3.05) is 0 Å². The number of thiophene rings is 1. The molecular formula is C32H23IrN2OS-. The van der Waals surface area contributed by atoms with Crippen LogP contribution in [0.5, 0.6) is 5.75 Å². The Morgan fingerprint density at radius 2 is 1.65 bits per heavy atom. The number of nitrogens with zero attached hydrogens (tertiary/aromatic N) is 2. The molecule has 3 heterocycles. The first-order valence-corrected chi connectivity index (χ1v) is 12.6. The number of fused-ring (bicyclic) bond motifs is 6. The van der Waals surface area contributed by atoms with Gasteiger partial charge in [0.15, 0.2) is 0 Å². The summed E-state index contributed by atoms with van der Waals surface area (Å²) in [6.07, 6.45) is 1.67. The molecule has 0 fully saturated rings. The van der Waals surface area contributed by atoms with Crippen molar-refractivity contribution >= 4 is 53.3 Å². The van der Waals surface area contributed by atoms with Crippen LogP contribution in [0.25, 0.3) is 53.2 Å². The zero-order chi connectivity index (χ0) is 24.6. The van der Waals surface area contributed by atoms with Crippen molar-refractivity contribution in [2.24, 2.45) is 0 Å². The summed E-state index contributed by atoms with van der Waals surface area (Å²) in [5.41, 5.74) is 6.37. The fourth-order valence-electron chi connectivity index (χ4n) is 4.79. The Kier molecular flexibility index (Phi) is 7.03. The number of hydrogen-bond acceptors (Lipinski definition) is 4. The average Bonchev–Trinajstić information content (AvgIpc) is 3.28. The van der Waals surface area contributed by atoms with E-state index >= 15 is 0 Å². The molecule has 0 unspecified atom stereocenters. The predicted octanol–water partition coefficient (Wildman–Crippen LogP) is 8.62. The van der Waals surface area contributed by atoms with Crippen LogP contribution in [0.4, 0.5) is 0 Å². The summed E-state index contributed by atoms with van der Waals surface area (Å²) in [5, 5.41) is 14.1. The summed E-state index contributed by atoms with van der Waals surface area (Å²) in [4.78, 5) is 9.12. The number of benzene rings is 4. The number of phenols is 1. The van der Waals surface area contributed by atoms with E-state index in [-0.39, 0.29) is 25.9 Å². The maximum Gasteiger partial charge on any atom is 0.141 e. The Morgan fingerprint density at radius 3 is 2.46 bits per heavy atom. The topological polar surface area (TPSA) is 46.0 Å². The predicted molar refractivity (Wildman–Crippen MR) is 152 cm³/mol. The fourth-order valence-corrected chi connectivity index (χ4v) is 6.11. The molecule has 0 saturated heterocycles. The molecule has 37 heavy (non-hydrogen) atoms. The number of phenolic OH excluding ortho intramolecular Hbond substituents is 1. The fraction of sp³-hybridized carbons (Fsp3) is 0.0625. The van der Waals surface area contributed by atoms with E-state index in [2.05, 4.69) is 73.4 Å². The molecule has 0 atom stereocenters. The molecule has 1 N–H and O–H groups in total. The van der Waals surface area contributed by atoms with Gasteiger partial charge in [-0.2, -0.15) is 0 Å². The van der Waals surface area contributed by atoms with Crippen LogP contribution in [-0.2, 0) is 20.1 Å². The first-order valence-electron chi connectivity index (χ1n) is 11.8. The Labute approximate surface area is 232 Å². The monoisotopic (exact) mass is 676 g/mol. The molecule has 0 spiro atoms. The van der Waals surface area contributed by atoms with Crippen LogP contribution in [0.15, 0.2) is 97.2 Å². The molecule has 0 aliphatic heterocycles. The number of rotatable bonds is 1. The van der Waals surface area contributed by atoms with Crippen LogP contribution < -0.4 is 0 Å². The standard InChI is InChI=1S/C23H16NS.C9H7NO.Ir/c1-14-12-15(2)20-18(13-14)24-22(16-8-4-3-5-9-16)21-17-10-6-7-11-19(17)25-23(20)21;11-8-5-1-3-7-4-2-6-10-9(7)8;/h3-8,10-13H,1-2H3;1-6,11H;/q-1;;. The first kappa shape index (κ1) is 25.0. The molecule has 1 radical (unpaired) electrons. The van der Waals surface area contributed by atoms with Crippen molar-refractivity contribution in [3.63, 3.8) is 0 Å². The minimum absolute atomic E-state index is 0. The summed E-state index contributed by atoms with van der Waals surface area (Å²) in [5.74, 6) is 0.239. The van der Waals surface area contributed by atoms with Gasteiger partial charge in [-0.05, 0) is 65.7 Å². The van der Waals surface area contributed by atoms with E-state index in [1.54, 1.807) is 18.3 Å². The number of aromatic hydroxyl groups is 1. The van der Waals surface area contributed by atoms with Gasteiger partial charge in [0.25, 0.3) is 0 Å². The maximum atomic E-state index is 9.31. The number of pyridine rings is 2. The normalized spacial score (nSPS) is 10.9. The van der Waals surface area contributed by atoms with Crippen LogP contribution in [0.2, 0.25) is 0 Å². The third-order valence-corrected chi connectivity index (χ3v) is 7.51. The second kappa shape index (κ2) is 10.4. The smallest absolute Gasteiger partial charge is 0.141 e. The summed E-state index contributed by atoms with van der Waals surface area (Å²) < 4.78 is 2.64. The Hall–Kier alpha value is -3.63. The van der Waals surface area contributed by atoms with Crippen LogP contribution in [0.3, 0.4) is 0 Å². The molecule has 0 amide bonds. The molecule has 183 valence electrons. The average molecular weight is 676 g/mol. The van der Waals surface area contributed by atoms with Gasteiger partial charge < -0.3 is 5.11 Å². The molecule has 0 aliphatic rings. The molecule has 3 nitrogen and oxygen atoms in total. The van der Waals surface area contributed by atoms with Gasteiger partial charge in [-0.3, -0.25) is 9.97 Å². The second-order valence-electron chi connectivity index (χ2n) is 8.87. The summed E-state index contributed by atoms with van der Waals surface area (Å²) in [6.45, 7) is 4.33. The number of hydrogen-bond donors (Lipinski definition) is 1. The molecular weight excluding hydrogens is 653 g/mol. The third-order valence-electron chi connectivity index (χ3n) is 6.33. The molecule has 0 bridgehead atoms. The van der Waals surface area contributed by atoms with Gasteiger partial charge in [-0.15, -0.1) is 47.2 Å². The Balaban J connectivity index is 0.000000197. The molecule has 4 aromatic carbocycles. The zero-order valence-corrected chi connectivity index (χ0v) is 23.5. The molecule has 7 aromatic rings. The van der Waals surface area contributed by atoms with Crippen molar-refractivity contribution in [1.29, 1.82) is 0 Å². The van der Waals surface area contributed by atoms with Crippen LogP contribution in [-0.4, -0.2) is 15.1 Å². The molecule has 7 rings (SSSR count). The van der Waals surface area contributed by atoms with E-state index in [1.807, 2.05) is 41.7 Å². The van der Waals surface area contributed by atoms with E-state index in [4.69, 9.17) is 4.98 Å². The largest absolute Gasteiger partial charge is 0.506 e. The van der Waals surface area contributed by atoms with Crippen molar-refractivity contribution in [3.05, 3.63) is 114 Å². The summed E-state index contributed by atoms with van der Waals surface area (Å²) in [6, 6.07) is 33.7. The van der Waals surface area contributed by atoms with Crippen molar-refractivity contribution in [1.82, 2.24) is 9.97 Å². The number of para-hydroxylation sites is 1. The molecule has 0 saturated carbocycles. The van der Waals surface area contributed by atoms with E-state index in [1.165, 1.54) is 36.7 Å². The second-order valence-corrected chi connectivity index (χ2v) is 9.92. The van der Waals surface area contributed by atoms with Gasteiger partial charge in [-0.25, -0.2) is 0 Å². The quantitative estimate of drug-likeness (QED) is 0.177. The van der Waals surface area contributed by atoms with Crippen LogP contribution >= 0.6 is 11.3 Å². The van der Waals surface area contributed by atoms with Gasteiger partial charge in [0, 0.05) is 46.5 Å². The van der Waals surface area contributed by atoms with E-state index in [0.717, 1.165) is 22.2 Å². The summed E-state index contributed by atoms with van der Waals surface area (Å²) >= 11 is 1.87. The van der Waals surface area contributed by atoms with Gasteiger partial charge in [0.2, 0.25) is 0 Å². The van der Waals surface area contributed by atoms with E-state index < -0.39 is 0 Å². The van der Waals surface area contributed by atoms with Gasteiger partial charge in [-0.1, -0.05) is 42.5 Å². The SMILES string of the molecule is Cc1cc(C)c2c(c1)nc(-c1[c-]cccc1)c1c3ccccc3sc21.Oc1cccc2cccnc12.[Ir].